The van der Waals surface area contributed by atoms with Crippen molar-refractivity contribution in [3.05, 3.63) is 108 Å². The molecule has 4 atom stereocenters. The van der Waals surface area contributed by atoms with Crippen LogP contribution >= 0.6 is 0 Å². The third kappa shape index (κ3) is 12.5. The topological polar surface area (TPSA) is 74.3 Å². The second kappa shape index (κ2) is 20.1. The molecule has 48 heavy (non-hydrogen) atoms. The summed E-state index contributed by atoms with van der Waals surface area (Å²) in [6.45, 7) is 7.23. The molecule has 7 heteroatoms. The number of amides is 1. The summed E-state index contributed by atoms with van der Waals surface area (Å²) in [4.78, 5) is 26.6. The first kappa shape index (κ1) is 37.3. The molecule has 1 amide bonds. The average molecular weight is 658 g/mol. The number of ether oxygens (including phenoxy) is 4. The van der Waals surface area contributed by atoms with Crippen molar-refractivity contribution in [2.24, 2.45) is 0 Å². The Morgan fingerprint density at radius 2 is 1.10 bits per heavy atom. The van der Waals surface area contributed by atoms with E-state index in [0.29, 0.717) is 26.2 Å². The summed E-state index contributed by atoms with van der Waals surface area (Å²) < 4.78 is 25.9. The summed E-state index contributed by atoms with van der Waals surface area (Å²) in [5, 5.41) is 0. The van der Waals surface area contributed by atoms with Crippen LogP contribution in [0.25, 0.3) is 0 Å². The highest BCUT2D eigenvalue weighted by Gasteiger charge is 2.53. The number of nitrogens with zero attached hydrogens (tertiary/aromatic N) is 1. The summed E-state index contributed by atoms with van der Waals surface area (Å²) in [7, 11) is 0. The molecule has 4 rings (SSSR count). The second-order valence-corrected chi connectivity index (χ2v) is 13.8. The maximum Gasteiger partial charge on any atom is 0.411 e. The molecule has 0 saturated carbocycles. The van der Waals surface area contributed by atoms with Gasteiger partial charge in [-0.25, -0.2) is 4.79 Å². The molecule has 0 aromatic heterocycles. The van der Waals surface area contributed by atoms with Gasteiger partial charge in [-0.2, -0.15) is 0 Å². The highest BCUT2D eigenvalue weighted by Crippen LogP contribution is 2.36. The number of likely N-dealkylation sites (tertiary alicyclic amines) is 1. The number of unbranched alkanes of at least 4 members (excludes halogenated alkanes) is 7. The van der Waals surface area contributed by atoms with Gasteiger partial charge in [-0.15, -0.1) is 0 Å². The van der Waals surface area contributed by atoms with Crippen molar-refractivity contribution < 1.29 is 28.5 Å². The first-order valence-electron chi connectivity index (χ1n) is 17.7. The highest BCUT2D eigenvalue weighted by atomic mass is 16.6. The minimum absolute atomic E-state index is 0.248. The molecular formula is C41H55NO6. The van der Waals surface area contributed by atoms with Crippen LogP contribution in [0.5, 0.6) is 0 Å². The Hall–Kier alpha value is -3.52. The number of aldehydes is 1. The molecule has 260 valence electrons. The van der Waals surface area contributed by atoms with Crippen molar-refractivity contribution in [1.82, 2.24) is 4.90 Å². The van der Waals surface area contributed by atoms with E-state index in [1.54, 1.807) is 0 Å². The van der Waals surface area contributed by atoms with E-state index in [1.807, 2.05) is 92.4 Å². The summed E-state index contributed by atoms with van der Waals surface area (Å²) in [5.41, 5.74) is 2.54. The number of hydrogen-bond acceptors (Lipinski definition) is 6. The third-order valence-corrected chi connectivity index (χ3v) is 8.69. The molecule has 0 spiro atoms. The molecule has 0 unspecified atom stereocenters. The summed E-state index contributed by atoms with van der Waals surface area (Å²) in [6.07, 6.45) is 8.72. The van der Waals surface area contributed by atoms with Crippen LogP contribution in [0.4, 0.5) is 4.79 Å². The average Bonchev–Trinajstić information content (AvgIpc) is 3.38. The van der Waals surface area contributed by atoms with Gasteiger partial charge in [0.1, 0.15) is 24.1 Å². The molecule has 0 aliphatic carbocycles. The lowest BCUT2D eigenvalue weighted by Crippen LogP contribution is -2.48. The predicted octanol–water partition coefficient (Wildman–Crippen LogP) is 9.07. The van der Waals surface area contributed by atoms with E-state index >= 15 is 0 Å². The smallest absolute Gasteiger partial charge is 0.411 e. The van der Waals surface area contributed by atoms with Gasteiger partial charge in [0, 0.05) is 6.42 Å². The van der Waals surface area contributed by atoms with E-state index in [0.717, 1.165) is 74.3 Å². The van der Waals surface area contributed by atoms with Crippen molar-refractivity contribution in [3.63, 3.8) is 0 Å². The second-order valence-electron chi connectivity index (χ2n) is 13.8. The van der Waals surface area contributed by atoms with Crippen LogP contribution in [0.1, 0.15) is 95.2 Å². The van der Waals surface area contributed by atoms with Crippen LogP contribution in [0.15, 0.2) is 91.0 Å². The lowest BCUT2D eigenvalue weighted by Gasteiger charge is -2.33. The van der Waals surface area contributed by atoms with Crippen molar-refractivity contribution in [2.75, 3.05) is 6.61 Å². The fraction of sp³-hybridized carbons (Fsp3) is 0.512. The van der Waals surface area contributed by atoms with Gasteiger partial charge in [-0.3, -0.25) is 4.90 Å². The summed E-state index contributed by atoms with van der Waals surface area (Å²) in [6, 6.07) is 29.7. The van der Waals surface area contributed by atoms with E-state index in [4.69, 9.17) is 18.9 Å². The molecule has 1 aliphatic heterocycles. The van der Waals surface area contributed by atoms with Crippen LogP contribution in [0, 0.1) is 0 Å². The van der Waals surface area contributed by atoms with Crippen molar-refractivity contribution in [3.8, 4) is 0 Å². The Morgan fingerprint density at radius 3 is 1.60 bits per heavy atom. The molecule has 0 N–H and O–H groups in total. The number of carbonyl (C=O) groups excluding carboxylic acids is 2. The largest absolute Gasteiger partial charge is 0.444 e. The highest BCUT2D eigenvalue weighted by molar-refractivity contribution is 5.70. The first-order valence-corrected chi connectivity index (χ1v) is 17.7. The maximum atomic E-state index is 14.1. The lowest BCUT2D eigenvalue weighted by atomic mass is 10.0. The molecular weight excluding hydrogens is 602 g/mol. The molecule has 1 saturated heterocycles. The monoisotopic (exact) mass is 657 g/mol. The molecule has 3 aromatic rings. The van der Waals surface area contributed by atoms with Gasteiger partial charge >= 0.3 is 6.09 Å². The minimum atomic E-state index is -0.662. The Labute approximate surface area is 287 Å². The summed E-state index contributed by atoms with van der Waals surface area (Å²) >= 11 is 0. The molecule has 1 fully saturated rings. The standard InChI is InChI=1S/C41H55NO6/c1-41(2,3)48-40(44)42-36(27-19-8-6-4-5-7-9-20-28-43)38(46-30-34-23-15-11-16-24-34)39(47-31-35-25-17-12-18-26-35)37(42)32-45-29-33-21-13-10-14-22-33/h10-18,21-26,28,36-39H,4-9,19-20,27,29-32H2,1-3H3/t36-,37-,38-,39-/m1/s1. The van der Waals surface area contributed by atoms with Crippen molar-refractivity contribution in [2.45, 2.75) is 128 Å². The van der Waals surface area contributed by atoms with Crippen LogP contribution in [-0.4, -0.2) is 53.8 Å². The number of carbonyl (C=O) groups is 2. The number of rotatable bonds is 20. The Bertz CT molecular complexity index is 1310. The number of hydrogen-bond donors (Lipinski definition) is 0. The molecule has 1 heterocycles. The quantitative estimate of drug-likeness (QED) is 0.0892. The lowest BCUT2D eigenvalue weighted by molar-refractivity contribution is -0.107. The number of benzene rings is 3. The Kier molecular flexibility index (Phi) is 15.6. The van der Waals surface area contributed by atoms with Crippen LogP contribution < -0.4 is 0 Å². The van der Waals surface area contributed by atoms with Gasteiger partial charge in [-0.1, -0.05) is 130 Å². The fourth-order valence-electron chi connectivity index (χ4n) is 6.35. The first-order chi connectivity index (χ1) is 23.4. The normalized spacial score (nSPS) is 19.4. The van der Waals surface area contributed by atoms with Gasteiger partial charge in [0.15, 0.2) is 0 Å². The third-order valence-electron chi connectivity index (χ3n) is 8.69. The van der Waals surface area contributed by atoms with Crippen molar-refractivity contribution in [1.29, 1.82) is 0 Å². The molecule has 3 aromatic carbocycles. The van der Waals surface area contributed by atoms with E-state index in [9.17, 15) is 9.59 Å². The Morgan fingerprint density at radius 1 is 0.646 bits per heavy atom. The zero-order chi connectivity index (χ0) is 34.0. The minimum Gasteiger partial charge on any atom is -0.444 e. The summed E-state index contributed by atoms with van der Waals surface area (Å²) in [5.74, 6) is 0. The zero-order valence-electron chi connectivity index (χ0n) is 29.1. The van der Waals surface area contributed by atoms with E-state index in [1.165, 1.54) is 0 Å². The van der Waals surface area contributed by atoms with Crippen LogP contribution in [-0.2, 0) is 43.6 Å². The van der Waals surface area contributed by atoms with Crippen LogP contribution in [0.2, 0.25) is 0 Å². The SMILES string of the molecule is CC(C)(C)OC(=O)N1[C@H](CCCCCCCCCC=O)[C@@H](OCc2ccccc2)[C@H](OCc2ccccc2)[C@H]1COCc1ccccc1. The van der Waals surface area contributed by atoms with Gasteiger partial charge in [0.05, 0.1) is 38.5 Å². The van der Waals surface area contributed by atoms with Gasteiger partial charge in [-0.05, 0) is 50.3 Å². The van der Waals surface area contributed by atoms with Gasteiger partial charge in [0.25, 0.3) is 0 Å². The molecule has 0 radical (unpaired) electrons. The molecule has 0 bridgehead atoms. The van der Waals surface area contributed by atoms with Crippen molar-refractivity contribution >= 4 is 12.4 Å². The molecule has 7 nitrogen and oxygen atoms in total. The van der Waals surface area contributed by atoms with Crippen LogP contribution in [0.3, 0.4) is 0 Å². The van der Waals surface area contributed by atoms with E-state index in [-0.39, 0.29) is 24.8 Å². The van der Waals surface area contributed by atoms with Gasteiger partial charge < -0.3 is 23.7 Å². The zero-order valence-corrected chi connectivity index (χ0v) is 29.1. The van der Waals surface area contributed by atoms with Gasteiger partial charge in [0.2, 0.25) is 0 Å². The van der Waals surface area contributed by atoms with E-state index in [2.05, 4.69) is 24.3 Å². The maximum absolute atomic E-state index is 14.1. The predicted molar refractivity (Wildman–Crippen MR) is 189 cm³/mol. The Balaban J connectivity index is 1.58. The fourth-order valence-corrected chi connectivity index (χ4v) is 6.35. The van der Waals surface area contributed by atoms with E-state index < -0.39 is 17.7 Å². The molecule has 1 aliphatic rings.